The highest BCUT2D eigenvalue weighted by Crippen LogP contribution is 2.24. The molecule has 1 rings (SSSR count). The highest BCUT2D eigenvalue weighted by Gasteiger charge is 2.04. The largest absolute Gasteiger partial charge is 0.255 e. The third-order valence-electron chi connectivity index (χ3n) is 1.10. The maximum absolute atomic E-state index is 12.5. The van der Waals surface area contributed by atoms with Crippen LogP contribution in [0.4, 0.5) is 14.5 Å². The van der Waals surface area contributed by atoms with Crippen LogP contribution in [0, 0.1) is 11.6 Å². The van der Waals surface area contributed by atoms with Crippen LogP contribution in [0.1, 0.15) is 0 Å². The molecule has 0 spiro atoms. The van der Waals surface area contributed by atoms with Gasteiger partial charge in [-0.2, -0.15) is 0 Å². The molecule has 0 heterocycles. The van der Waals surface area contributed by atoms with Crippen molar-refractivity contribution in [2.45, 2.75) is 0 Å². The Hall–Kier alpha value is 0.340. The number of benzene rings is 1. The van der Waals surface area contributed by atoms with Gasteiger partial charge in [-0.1, -0.05) is 0 Å². The molecular formula is C6H3F2I2N. The Kier molecular flexibility index (Phi) is 3.29. The minimum atomic E-state index is -0.819. The molecule has 0 amide bonds. The molecule has 0 fully saturated rings. The van der Waals surface area contributed by atoms with Crippen LogP contribution < -0.4 is 1.33 Å². The van der Waals surface area contributed by atoms with Gasteiger partial charge in [-0.25, -0.2) is 8.78 Å². The first-order valence-electron chi connectivity index (χ1n) is 2.68. The lowest BCUT2D eigenvalue weighted by molar-refractivity contribution is 0.509. The summed E-state index contributed by atoms with van der Waals surface area (Å²) in [7, 11) is 0. The van der Waals surface area contributed by atoms with Crippen molar-refractivity contribution in [3.8, 4) is 0 Å². The van der Waals surface area contributed by atoms with Gasteiger partial charge in [0.25, 0.3) is 0 Å². The molecule has 0 saturated carbocycles. The first-order chi connectivity index (χ1) is 5.11. The molecule has 5 heteroatoms. The molecule has 0 aliphatic rings. The van der Waals surface area contributed by atoms with Crippen molar-refractivity contribution in [2.75, 3.05) is 1.33 Å². The average molecular weight is 381 g/mol. The summed E-state index contributed by atoms with van der Waals surface area (Å²) in [4.78, 5) is 0. The third-order valence-corrected chi connectivity index (χ3v) is 2.21. The van der Waals surface area contributed by atoms with E-state index in [1.165, 1.54) is 6.07 Å². The Morgan fingerprint density at radius 3 is 2.18 bits per heavy atom. The molecule has 1 aromatic carbocycles. The number of halogens is 4. The molecule has 0 aliphatic carbocycles. The highest BCUT2D eigenvalue weighted by molar-refractivity contribution is 14.2. The second-order valence-electron chi connectivity index (χ2n) is 1.83. The number of anilines is 1. The van der Waals surface area contributed by atoms with E-state index in [9.17, 15) is 8.78 Å². The van der Waals surface area contributed by atoms with E-state index in [0.717, 1.165) is 12.1 Å². The fraction of sp³-hybridized carbons (Fsp3) is 0. The lowest BCUT2D eigenvalue weighted by atomic mass is 10.3. The van der Waals surface area contributed by atoms with Crippen molar-refractivity contribution in [3.63, 3.8) is 0 Å². The van der Waals surface area contributed by atoms with Crippen LogP contribution in [-0.2, 0) is 0 Å². The van der Waals surface area contributed by atoms with Gasteiger partial charge in [-0.05, 0) is 12.1 Å². The summed E-state index contributed by atoms with van der Waals surface area (Å²) in [6.45, 7) is 0. The molecule has 0 atom stereocenters. The van der Waals surface area contributed by atoms with Gasteiger partial charge in [0.05, 0.1) is 51.4 Å². The summed E-state index contributed by atoms with van der Waals surface area (Å²) in [5.74, 6) is -1.63. The van der Waals surface area contributed by atoms with Gasteiger partial charge < -0.3 is 0 Å². The van der Waals surface area contributed by atoms with E-state index < -0.39 is 11.6 Å². The third kappa shape index (κ3) is 2.39. The lowest BCUT2D eigenvalue weighted by Gasteiger charge is -2.05. The maximum Gasteiger partial charge on any atom is 0.160 e. The predicted octanol–water partition coefficient (Wildman–Crippen LogP) is 3.47. The fourth-order valence-electron chi connectivity index (χ4n) is 0.590. The first kappa shape index (κ1) is 9.43. The first-order valence-corrected chi connectivity index (χ1v) is 4.61. The SMILES string of the molecule is Fc1ccc(N(I)I)cc1F. The molecule has 0 radical (unpaired) electrons. The second-order valence-corrected chi connectivity index (χ2v) is 5.61. The summed E-state index contributed by atoms with van der Waals surface area (Å²) in [5.41, 5.74) is 0.630. The van der Waals surface area contributed by atoms with Crippen molar-refractivity contribution in [1.29, 1.82) is 0 Å². The summed E-state index contributed by atoms with van der Waals surface area (Å²) < 4.78 is 26.5. The zero-order valence-electron chi connectivity index (χ0n) is 5.19. The van der Waals surface area contributed by atoms with Gasteiger partial charge in [0.1, 0.15) is 0 Å². The predicted molar refractivity (Wildman–Crippen MR) is 56.9 cm³/mol. The maximum atomic E-state index is 12.5. The van der Waals surface area contributed by atoms with E-state index >= 15 is 0 Å². The summed E-state index contributed by atoms with van der Waals surface area (Å²) in [6, 6.07) is 3.76. The number of hydrogen-bond donors (Lipinski definition) is 0. The minimum Gasteiger partial charge on any atom is -0.255 e. The number of hydrogen-bond acceptors (Lipinski definition) is 1. The Bertz CT molecular complexity index is 265. The molecular weight excluding hydrogens is 378 g/mol. The fourth-order valence-corrected chi connectivity index (χ4v) is 1.19. The molecule has 0 saturated heterocycles. The van der Waals surface area contributed by atoms with E-state index in [-0.39, 0.29) is 0 Å². The van der Waals surface area contributed by atoms with Crippen LogP contribution >= 0.6 is 45.7 Å². The van der Waals surface area contributed by atoms with Gasteiger partial charge in [0.15, 0.2) is 11.6 Å². The summed E-state index contributed by atoms with van der Waals surface area (Å²) in [6.07, 6.45) is 0. The average Bonchev–Trinajstić information content (AvgIpc) is 1.94. The topological polar surface area (TPSA) is 3.24 Å². The molecule has 11 heavy (non-hydrogen) atoms. The van der Waals surface area contributed by atoms with Crippen molar-refractivity contribution < 1.29 is 8.78 Å². The molecule has 60 valence electrons. The smallest absolute Gasteiger partial charge is 0.160 e. The Morgan fingerprint density at radius 2 is 1.73 bits per heavy atom. The van der Waals surface area contributed by atoms with Crippen LogP contribution in [-0.4, -0.2) is 0 Å². The van der Waals surface area contributed by atoms with Crippen molar-refractivity contribution in [1.82, 2.24) is 0 Å². The van der Waals surface area contributed by atoms with Crippen molar-refractivity contribution >= 4 is 51.4 Å². The van der Waals surface area contributed by atoms with E-state index in [2.05, 4.69) is 0 Å². The standard InChI is InChI=1S/C6H3F2I2N/c7-5-2-1-4(11(9)10)3-6(5)8/h1-3H. The summed E-state index contributed by atoms with van der Waals surface area (Å²) in [5, 5.41) is 0. The molecule has 0 aliphatic heterocycles. The second kappa shape index (κ2) is 3.83. The van der Waals surface area contributed by atoms with Crippen LogP contribution in [0.3, 0.4) is 0 Å². The number of nitrogens with zero attached hydrogens (tertiary/aromatic N) is 1. The minimum absolute atomic E-state index is 0.630. The lowest BCUT2D eigenvalue weighted by Crippen LogP contribution is -1.91. The molecule has 0 N–H and O–H groups in total. The van der Waals surface area contributed by atoms with Gasteiger partial charge in [-0.15, -0.1) is 0 Å². The Balaban J connectivity index is 3.05. The Labute approximate surface area is 90.8 Å². The van der Waals surface area contributed by atoms with Crippen LogP contribution in [0.5, 0.6) is 0 Å². The quantitative estimate of drug-likeness (QED) is 0.532. The molecule has 1 nitrogen and oxygen atoms in total. The zero-order valence-corrected chi connectivity index (χ0v) is 9.51. The van der Waals surface area contributed by atoms with E-state index in [0.29, 0.717) is 5.69 Å². The van der Waals surface area contributed by atoms with Gasteiger partial charge in [0, 0.05) is 6.07 Å². The van der Waals surface area contributed by atoms with Crippen LogP contribution in [0.2, 0.25) is 0 Å². The normalized spacial score (nSPS) is 9.82. The van der Waals surface area contributed by atoms with E-state index in [4.69, 9.17) is 0 Å². The van der Waals surface area contributed by atoms with E-state index in [1.807, 2.05) is 45.7 Å². The van der Waals surface area contributed by atoms with Crippen LogP contribution in [0.25, 0.3) is 0 Å². The molecule has 0 unspecified atom stereocenters. The number of rotatable bonds is 1. The monoisotopic (exact) mass is 381 g/mol. The molecule has 1 aromatic rings. The van der Waals surface area contributed by atoms with Crippen LogP contribution in [0.15, 0.2) is 18.2 Å². The summed E-state index contributed by atoms with van der Waals surface area (Å²) >= 11 is 3.94. The molecule has 0 aromatic heterocycles. The van der Waals surface area contributed by atoms with Gasteiger partial charge in [-0.3, -0.25) is 1.33 Å². The van der Waals surface area contributed by atoms with Gasteiger partial charge in [0.2, 0.25) is 0 Å². The van der Waals surface area contributed by atoms with E-state index in [1.54, 1.807) is 1.33 Å². The Morgan fingerprint density at radius 1 is 1.09 bits per heavy atom. The highest BCUT2D eigenvalue weighted by atomic mass is 127. The van der Waals surface area contributed by atoms with Crippen molar-refractivity contribution in [2.24, 2.45) is 0 Å². The molecule has 0 bridgehead atoms. The van der Waals surface area contributed by atoms with Crippen molar-refractivity contribution in [3.05, 3.63) is 29.8 Å². The zero-order chi connectivity index (χ0) is 8.43. The van der Waals surface area contributed by atoms with Gasteiger partial charge >= 0.3 is 0 Å².